The van der Waals surface area contributed by atoms with E-state index in [2.05, 4.69) is 0 Å². The summed E-state index contributed by atoms with van der Waals surface area (Å²) in [5, 5.41) is 0. The molecule has 2 amide bonds. The van der Waals surface area contributed by atoms with Gasteiger partial charge in [-0.2, -0.15) is 12.7 Å². The minimum Gasteiger partial charge on any atom is -0.444 e. The van der Waals surface area contributed by atoms with Gasteiger partial charge in [0, 0.05) is 31.6 Å². The molecule has 27 heavy (non-hydrogen) atoms. The fourth-order valence-electron chi connectivity index (χ4n) is 3.35. The van der Waals surface area contributed by atoms with Gasteiger partial charge in [0.05, 0.1) is 0 Å². The van der Waals surface area contributed by atoms with Crippen LogP contribution in [0.4, 0.5) is 9.59 Å². The minimum absolute atomic E-state index is 0.0583. The van der Waals surface area contributed by atoms with E-state index in [1.54, 1.807) is 25.7 Å². The van der Waals surface area contributed by atoms with Gasteiger partial charge in [-0.15, -0.1) is 0 Å². The van der Waals surface area contributed by atoms with Crippen LogP contribution in [0.5, 0.6) is 0 Å². The Labute approximate surface area is 161 Å². The molecule has 0 aromatic rings. The molecule has 1 spiro atoms. The van der Waals surface area contributed by atoms with Gasteiger partial charge in [0.25, 0.3) is 0 Å². The van der Waals surface area contributed by atoms with E-state index < -0.39 is 27.5 Å². The molecule has 0 bridgehead atoms. The molecule has 1 saturated heterocycles. The summed E-state index contributed by atoms with van der Waals surface area (Å²) in [6.07, 6.45) is -0.0666. The molecule has 2 rings (SSSR count). The maximum Gasteiger partial charge on any atom is 0.422 e. The highest BCUT2D eigenvalue weighted by atomic mass is 32.2. The smallest absolute Gasteiger partial charge is 0.422 e. The largest absolute Gasteiger partial charge is 0.444 e. The minimum atomic E-state index is -3.98. The molecule has 1 aliphatic heterocycles. The molecule has 2 aliphatic rings. The second kappa shape index (κ2) is 6.80. The fourth-order valence-corrected chi connectivity index (χ4v) is 4.28. The molecule has 0 aromatic carbocycles. The summed E-state index contributed by atoms with van der Waals surface area (Å²) >= 11 is 0. The van der Waals surface area contributed by atoms with E-state index in [1.807, 2.05) is 25.5 Å². The Bertz CT molecular complexity index is 693. The molecule has 1 saturated carbocycles. The highest BCUT2D eigenvalue weighted by Crippen LogP contribution is 2.50. The maximum absolute atomic E-state index is 12.3. The lowest BCUT2D eigenvalue weighted by Crippen LogP contribution is -2.68. The second-order valence-corrected chi connectivity index (χ2v) is 11.3. The molecule has 0 unspecified atom stereocenters. The third-order valence-electron chi connectivity index (χ3n) is 4.55. The third-order valence-corrected chi connectivity index (χ3v) is 6.03. The van der Waals surface area contributed by atoms with Gasteiger partial charge in [0.2, 0.25) is 0 Å². The van der Waals surface area contributed by atoms with Crippen molar-refractivity contribution < 1.29 is 27.5 Å². The number of nitrogens with zero attached hydrogens (tertiary/aromatic N) is 2. The SMILES string of the molecule is CN(C1CC2(C1)CN(C(=O)OC(C)(C)C)C2)S(=O)(=O)NC(=O)OC(C)(C)C. The number of carbonyl (C=O) groups excluding carboxylic acids is 2. The number of likely N-dealkylation sites (tertiary alicyclic amines) is 1. The first-order chi connectivity index (χ1) is 12.0. The number of hydrogen-bond donors (Lipinski definition) is 1. The number of nitrogens with one attached hydrogen (secondary N) is 1. The van der Waals surface area contributed by atoms with Crippen molar-refractivity contribution in [1.29, 1.82) is 0 Å². The second-order valence-electron chi connectivity index (χ2n) is 9.52. The maximum atomic E-state index is 12.3. The molecule has 9 nitrogen and oxygen atoms in total. The van der Waals surface area contributed by atoms with Crippen molar-refractivity contribution in [2.24, 2.45) is 5.41 Å². The number of hydrogen-bond acceptors (Lipinski definition) is 6. The van der Waals surface area contributed by atoms with E-state index in [9.17, 15) is 18.0 Å². The van der Waals surface area contributed by atoms with Gasteiger partial charge >= 0.3 is 22.4 Å². The summed E-state index contributed by atoms with van der Waals surface area (Å²) in [4.78, 5) is 25.4. The van der Waals surface area contributed by atoms with Crippen LogP contribution in [0.25, 0.3) is 0 Å². The summed E-state index contributed by atoms with van der Waals surface area (Å²) in [5.74, 6) is 0. The first-order valence-corrected chi connectivity index (χ1v) is 10.4. The fraction of sp³-hybridized carbons (Fsp3) is 0.882. The predicted molar refractivity (Wildman–Crippen MR) is 99.3 cm³/mol. The van der Waals surface area contributed by atoms with E-state index in [4.69, 9.17) is 9.47 Å². The van der Waals surface area contributed by atoms with Crippen LogP contribution >= 0.6 is 0 Å². The van der Waals surface area contributed by atoms with Gasteiger partial charge < -0.3 is 14.4 Å². The molecule has 0 atom stereocenters. The third kappa shape index (κ3) is 5.47. The van der Waals surface area contributed by atoms with E-state index in [1.165, 1.54) is 7.05 Å². The Morgan fingerprint density at radius 1 is 1.04 bits per heavy atom. The Balaban J connectivity index is 1.82. The van der Waals surface area contributed by atoms with Crippen molar-refractivity contribution in [3.05, 3.63) is 0 Å². The van der Waals surface area contributed by atoms with Gasteiger partial charge in [-0.3, -0.25) is 0 Å². The monoisotopic (exact) mass is 405 g/mol. The molecule has 2 fully saturated rings. The molecule has 156 valence electrons. The van der Waals surface area contributed by atoms with Crippen LogP contribution in [0, 0.1) is 5.41 Å². The molecule has 10 heteroatoms. The topological polar surface area (TPSA) is 105 Å². The van der Waals surface area contributed by atoms with Crippen LogP contribution in [0.1, 0.15) is 54.4 Å². The Hall–Kier alpha value is -1.55. The molecular weight excluding hydrogens is 374 g/mol. The highest BCUT2D eigenvalue weighted by molar-refractivity contribution is 7.87. The summed E-state index contributed by atoms with van der Waals surface area (Å²) in [7, 11) is -2.54. The quantitative estimate of drug-likeness (QED) is 0.771. The molecular formula is C17H31N3O6S. The van der Waals surface area contributed by atoms with Gasteiger partial charge in [0.1, 0.15) is 11.2 Å². The zero-order valence-electron chi connectivity index (χ0n) is 17.2. The van der Waals surface area contributed by atoms with Crippen LogP contribution in [0.15, 0.2) is 0 Å². The lowest BCUT2D eigenvalue weighted by molar-refractivity contribution is -0.0927. The van der Waals surface area contributed by atoms with Crippen molar-refractivity contribution in [3.8, 4) is 0 Å². The summed E-state index contributed by atoms with van der Waals surface area (Å²) in [5.41, 5.74) is -1.38. The molecule has 1 N–H and O–H groups in total. The Morgan fingerprint density at radius 3 is 1.96 bits per heavy atom. The molecule has 0 aromatic heterocycles. The average Bonchev–Trinajstić information content (AvgIpc) is 2.28. The summed E-state index contributed by atoms with van der Waals surface area (Å²) in [6.45, 7) is 11.5. The number of rotatable bonds is 3. The van der Waals surface area contributed by atoms with Gasteiger partial charge in [-0.25, -0.2) is 14.3 Å². The predicted octanol–water partition coefficient (Wildman–Crippen LogP) is 2.09. The number of amides is 2. The van der Waals surface area contributed by atoms with Crippen LogP contribution in [0.3, 0.4) is 0 Å². The zero-order chi connectivity index (χ0) is 20.8. The summed E-state index contributed by atoms with van der Waals surface area (Å²) in [6, 6.07) is -0.217. The van der Waals surface area contributed by atoms with E-state index in [0.29, 0.717) is 25.9 Å². The van der Waals surface area contributed by atoms with Crippen LogP contribution in [0.2, 0.25) is 0 Å². The van der Waals surface area contributed by atoms with Gasteiger partial charge in [0.15, 0.2) is 0 Å². The Morgan fingerprint density at radius 2 is 1.52 bits per heavy atom. The van der Waals surface area contributed by atoms with Crippen molar-refractivity contribution in [3.63, 3.8) is 0 Å². The highest BCUT2D eigenvalue weighted by Gasteiger charge is 2.56. The molecule has 0 radical (unpaired) electrons. The van der Waals surface area contributed by atoms with E-state index >= 15 is 0 Å². The van der Waals surface area contributed by atoms with Crippen molar-refractivity contribution in [1.82, 2.24) is 13.9 Å². The standard InChI is InChI=1S/C17H31N3O6S/c1-15(2,3)25-13(21)18-27(23,24)19(7)12-8-17(9-12)10-20(11-17)14(22)26-16(4,5)6/h12H,8-11H2,1-7H3,(H,18,21). The summed E-state index contributed by atoms with van der Waals surface area (Å²) < 4.78 is 38.1. The lowest BCUT2D eigenvalue weighted by atomic mass is 9.61. The first kappa shape index (κ1) is 21.7. The van der Waals surface area contributed by atoms with Crippen LogP contribution < -0.4 is 4.72 Å². The first-order valence-electron chi connectivity index (χ1n) is 8.99. The van der Waals surface area contributed by atoms with Crippen molar-refractivity contribution >= 4 is 22.4 Å². The van der Waals surface area contributed by atoms with E-state index in [-0.39, 0.29) is 17.6 Å². The molecule has 1 heterocycles. The number of ether oxygens (including phenoxy) is 2. The van der Waals surface area contributed by atoms with Gasteiger partial charge in [-0.05, 0) is 54.4 Å². The normalized spacial score (nSPS) is 20.1. The van der Waals surface area contributed by atoms with Crippen LogP contribution in [-0.2, 0) is 19.7 Å². The Kier molecular flexibility index (Phi) is 5.48. The molecule has 1 aliphatic carbocycles. The zero-order valence-corrected chi connectivity index (χ0v) is 18.0. The number of carbonyl (C=O) groups is 2. The lowest BCUT2D eigenvalue weighted by Gasteiger charge is -2.59. The van der Waals surface area contributed by atoms with Gasteiger partial charge in [-0.1, -0.05) is 0 Å². The average molecular weight is 406 g/mol. The van der Waals surface area contributed by atoms with Crippen molar-refractivity contribution in [2.45, 2.75) is 71.6 Å². The van der Waals surface area contributed by atoms with Crippen LogP contribution in [-0.4, -0.2) is 67.2 Å². The van der Waals surface area contributed by atoms with Crippen molar-refractivity contribution in [2.75, 3.05) is 20.1 Å². The van der Waals surface area contributed by atoms with E-state index in [0.717, 1.165) is 4.31 Å².